The largest absolute Gasteiger partial charge is 0.486 e. The molecule has 1 atom stereocenters. The van der Waals surface area contributed by atoms with Gasteiger partial charge in [-0.05, 0) is 41.7 Å². The van der Waals surface area contributed by atoms with Crippen LogP contribution in [-0.2, 0) is 6.54 Å². The lowest BCUT2D eigenvalue weighted by atomic mass is 9.95. The molecule has 1 N–H and O–H groups in total. The van der Waals surface area contributed by atoms with E-state index in [0.29, 0.717) is 19.8 Å². The van der Waals surface area contributed by atoms with Gasteiger partial charge in [-0.25, -0.2) is 4.79 Å². The minimum atomic E-state index is -0.104. The summed E-state index contributed by atoms with van der Waals surface area (Å²) in [7, 11) is 1.82. The molecule has 0 aliphatic carbocycles. The second-order valence-electron chi connectivity index (χ2n) is 7.36. The Morgan fingerprint density at radius 1 is 1.11 bits per heavy atom. The predicted molar refractivity (Wildman–Crippen MR) is 106 cm³/mol. The first-order chi connectivity index (χ1) is 13.0. The fraction of sp³-hybridized carbons (Fsp3) is 0.409. The number of fused-ring (bicyclic) bond motifs is 1. The van der Waals surface area contributed by atoms with E-state index in [4.69, 9.17) is 9.47 Å². The molecule has 144 valence electrons. The molecule has 0 bridgehead atoms. The summed E-state index contributed by atoms with van der Waals surface area (Å²) >= 11 is 0. The topological polar surface area (TPSA) is 50.8 Å². The zero-order valence-corrected chi connectivity index (χ0v) is 16.5. The van der Waals surface area contributed by atoms with Crippen molar-refractivity contribution < 1.29 is 14.3 Å². The number of nitrogens with zero attached hydrogens (tertiary/aromatic N) is 1. The van der Waals surface area contributed by atoms with Gasteiger partial charge in [0.05, 0.1) is 6.04 Å². The summed E-state index contributed by atoms with van der Waals surface area (Å²) in [5.74, 6) is 1.74. The molecule has 2 amide bonds. The lowest BCUT2D eigenvalue weighted by Crippen LogP contribution is -2.40. The van der Waals surface area contributed by atoms with Gasteiger partial charge in [-0.2, -0.15) is 0 Å². The molecular weight excluding hydrogens is 340 g/mol. The van der Waals surface area contributed by atoms with Crippen LogP contribution in [0.1, 0.15) is 36.6 Å². The van der Waals surface area contributed by atoms with E-state index >= 15 is 0 Å². The van der Waals surface area contributed by atoms with Crippen molar-refractivity contribution in [3.8, 4) is 11.5 Å². The van der Waals surface area contributed by atoms with Gasteiger partial charge in [0.15, 0.2) is 11.5 Å². The molecule has 1 aliphatic rings. The second kappa shape index (κ2) is 8.33. The SMILES string of the molecule is Cc1ccccc1CN(C)C(=O)N[C@@H](c1ccc2c(c1)OCCO2)C(C)C. The molecule has 3 rings (SSSR count). The number of carbonyl (C=O) groups excluding carboxylic acids is 1. The van der Waals surface area contributed by atoms with Gasteiger partial charge in [-0.1, -0.05) is 44.2 Å². The predicted octanol–water partition coefficient (Wildman–Crippen LogP) is 4.30. The molecule has 0 saturated heterocycles. The van der Waals surface area contributed by atoms with Crippen molar-refractivity contribution in [3.05, 3.63) is 59.2 Å². The number of hydrogen-bond donors (Lipinski definition) is 1. The van der Waals surface area contributed by atoms with E-state index in [1.165, 1.54) is 5.56 Å². The third-order valence-electron chi connectivity index (χ3n) is 4.89. The first kappa shape index (κ1) is 19.1. The highest BCUT2D eigenvalue weighted by molar-refractivity contribution is 5.74. The molecule has 1 heterocycles. The molecule has 0 spiro atoms. The average molecular weight is 368 g/mol. The first-order valence-electron chi connectivity index (χ1n) is 9.41. The summed E-state index contributed by atoms with van der Waals surface area (Å²) in [6.45, 7) is 7.96. The zero-order valence-electron chi connectivity index (χ0n) is 16.5. The molecular formula is C22H28N2O3. The average Bonchev–Trinajstić information content (AvgIpc) is 2.67. The minimum Gasteiger partial charge on any atom is -0.486 e. The van der Waals surface area contributed by atoms with E-state index in [1.54, 1.807) is 4.90 Å². The summed E-state index contributed by atoms with van der Waals surface area (Å²) < 4.78 is 11.3. The molecule has 0 aromatic heterocycles. The van der Waals surface area contributed by atoms with Crippen LogP contribution in [0, 0.1) is 12.8 Å². The zero-order chi connectivity index (χ0) is 19.4. The van der Waals surface area contributed by atoms with Gasteiger partial charge in [-0.15, -0.1) is 0 Å². The van der Waals surface area contributed by atoms with Crippen molar-refractivity contribution in [2.24, 2.45) is 5.92 Å². The van der Waals surface area contributed by atoms with Gasteiger partial charge >= 0.3 is 6.03 Å². The van der Waals surface area contributed by atoms with E-state index in [-0.39, 0.29) is 18.0 Å². The van der Waals surface area contributed by atoms with E-state index in [2.05, 4.69) is 38.2 Å². The maximum Gasteiger partial charge on any atom is 0.317 e. The van der Waals surface area contributed by atoms with Crippen molar-refractivity contribution in [2.45, 2.75) is 33.4 Å². The summed E-state index contributed by atoms with van der Waals surface area (Å²) in [6, 6.07) is 13.8. The van der Waals surface area contributed by atoms with Crippen molar-refractivity contribution in [1.29, 1.82) is 0 Å². The van der Waals surface area contributed by atoms with Gasteiger partial charge in [0.25, 0.3) is 0 Å². The van der Waals surface area contributed by atoms with Crippen LogP contribution in [0.2, 0.25) is 0 Å². The van der Waals surface area contributed by atoms with Crippen molar-refractivity contribution in [2.75, 3.05) is 20.3 Å². The van der Waals surface area contributed by atoms with Crippen LogP contribution in [0.25, 0.3) is 0 Å². The number of aryl methyl sites for hydroxylation is 1. The van der Waals surface area contributed by atoms with Crippen molar-refractivity contribution in [1.82, 2.24) is 10.2 Å². The van der Waals surface area contributed by atoms with Crippen LogP contribution in [0.4, 0.5) is 4.79 Å². The van der Waals surface area contributed by atoms with Gasteiger partial charge in [0, 0.05) is 13.6 Å². The molecule has 2 aromatic carbocycles. The fourth-order valence-electron chi connectivity index (χ4n) is 3.25. The fourth-order valence-corrected chi connectivity index (χ4v) is 3.25. The van der Waals surface area contributed by atoms with Crippen LogP contribution in [0.15, 0.2) is 42.5 Å². The third kappa shape index (κ3) is 4.54. The van der Waals surface area contributed by atoms with Gasteiger partial charge in [0.1, 0.15) is 13.2 Å². The molecule has 0 fully saturated rings. The quantitative estimate of drug-likeness (QED) is 0.856. The monoisotopic (exact) mass is 368 g/mol. The second-order valence-corrected chi connectivity index (χ2v) is 7.36. The Hall–Kier alpha value is -2.69. The first-order valence-corrected chi connectivity index (χ1v) is 9.41. The highest BCUT2D eigenvalue weighted by Gasteiger charge is 2.23. The molecule has 0 saturated carbocycles. The number of ether oxygens (including phenoxy) is 2. The molecule has 5 heteroatoms. The Labute approximate surface area is 161 Å². The lowest BCUT2D eigenvalue weighted by molar-refractivity contribution is 0.171. The molecule has 0 unspecified atom stereocenters. The number of amides is 2. The van der Waals surface area contributed by atoms with Crippen LogP contribution in [0.5, 0.6) is 11.5 Å². The Morgan fingerprint density at radius 3 is 2.52 bits per heavy atom. The van der Waals surface area contributed by atoms with Gasteiger partial charge in [0.2, 0.25) is 0 Å². The summed E-state index contributed by atoms with van der Waals surface area (Å²) in [6.07, 6.45) is 0. The number of urea groups is 1. The normalized spacial score (nSPS) is 14.0. The van der Waals surface area contributed by atoms with Crippen LogP contribution < -0.4 is 14.8 Å². The Bertz CT molecular complexity index is 804. The van der Waals surface area contributed by atoms with Crippen LogP contribution in [-0.4, -0.2) is 31.2 Å². The standard InChI is InChI=1S/C22H28N2O3/c1-15(2)21(17-9-10-19-20(13-17)27-12-11-26-19)23-22(25)24(4)14-18-8-6-5-7-16(18)3/h5-10,13,15,21H,11-12,14H2,1-4H3,(H,23,25)/t21-/m1/s1. The molecule has 5 nitrogen and oxygen atoms in total. The van der Waals surface area contributed by atoms with Gasteiger partial charge in [-0.3, -0.25) is 0 Å². The molecule has 2 aromatic rings. The number of carbonyl (C=O) groups is 1. The Morgan fingerprint density at radius 2 is 1.81 bits per heavy atom. The van der Waals surface area contributed by atoms with E-state index in [0.717, 1.165) is 22.6 Å². The van der Waals surface area contributed by atoms with Crippen LogP contribution in [0.3, 0.4) is 0 Å². The molecule has 27 heavy (non-hydrogen) atoms. The summed E-state index contributed by atoms with van der Waals surface area (Å²) in [5.41, 5.74) is 3.35. The number of rotatable bonds is 5. The number of benzene rings is 2. The number of hydrogen-bond acceptors (Lipinski definition) is 3. The van der Waals surface area contributed by atoms with E-state index in [1.807, 2.05) is 37.4 Å². The number of nitrogens with one attached hydrogen (secondary N) is 1. The third-order valence-corrected chi connectivity index (χ3v) is 4.89. The summed E-state index contributed by atoms with van der Waals surface area (Å²) in [4.78, 5) is 14.5. The van der Waals surface area contributed by atoms with E-state index < -0.39 is 0 Å². The maximum atomic E-state index is 12.8. The smallest absolute Gasteiger partial charge is 0.317 e. The highest BCUT2D eigenvalue weighted by Crippen LogP contribution is 2.34. The van der Waals surface area contributed by atoms with E-state index in [9.17, 15) is 4.79 Å². The van der Waals surface area contributed by atoms with Crippen molar-refractivity contribution in [3.63, 3.8) is 0 Å². The molecule has 0 radical (unpaired) electrons. The van der Waals surface area contributed by atoms with Crippen LogP contribution >= 0.6 is 0 Å². The molecule has 1 aliphatic heterocycles. The highest BCUT2D eigenvalue weighted by atomic mass is 16.6. The Kier molecular flexibility index (Phi) is 5.89. The van der Waals surface area contributed by atoms with Crippen molar-refractivity contribution >= 4 is 6.03 Å². The van der Waals surface area contributed by atoms with Gasteiger partial charge < -0.3 is 19.7 Å². The maximum absolute atomic E-state index is 12.8. The summed E-state index contributed by atoms with van der Waals surface area (Å²) in [5, 5.41) is 3.17. The minimum absolute atomic E-state index is 0.0909. The lowest BCUT2D eigenvalue weighted by Gasteiger charge is -2.28. The Balaban J connectivity index is 1.72.